The van der Waals surface area contributed by atoms with Crippen LogP contribution in [0.5, 0.6) is 0 Å². The zero-order chi connectivity index (χ0) is 17.2. The molecule has 6 nitrogen and oxygen atoms in total. The monoisotopic (exact) mass is 338 g/mol. The highest BCUT2D eigenvalue weighted by Crippen LogP contribution is 2.20. The maximum Gasteiger partial charge on any atom is 0.244 e. The molecule has 0 radical (unpaired) electrons. The van der Waals surface area contributed by atoms with Gasteiger partial charge in [-0.3, -0.25) is 9.48 Å². The third-order valence-electron chi connectivity index (χ3n) is 4.63. The minimum atomic E-state index is -0.0579. The Hall–Kier alpha value is -2.60. The van der Waals surface area contributed by atoms with Gasteiger partial charge in [0.15, 0.2) is 0 Å². The molecule has 25 heavy (non-hydrogen) atoms. The topological polar surface area (TPSA) is 61.1 Å². The van der Waals surface area contributed by atoms with E-state index >= 15 is 0 Å². The van der Waals surface area contributed by atoms with Gasteiger partial charge in [-0.05, 0) is 31.4 Å². The second kappa shape index (κ2) is 6.72. The summed E-state index contributed by atoms with van der Waals surface area (Å²) in [5.74, 6) is -0.0579. The summed E-state index contributed by atoms with van der Waals surface area (Å²) in [5.41, 5.74) is 2.97. The lowest BCUT2D eigenvalue weighted by Gasteiger charge is -2.08. The molecule has 0 unspecified atom stereocenters. The van der Waals surface area contributed by atoms with Crippen LogP contribution in [0.4, 0.5) is 5.69 Å². The van der Waals surface area contributed by atoms with Gasteiger partial charge in [0.1, 0.15) is 6.54 Å². The number of nitrogens with one attached hydrogen (secondary N) is 1. The minimum absolute atomic E-state index is 0.0579. The molecule has 1 fully saturated rings. The largest absolute Gasteiger partial charge is 0.376 e. The van der Waals surface area contributed by atoms with Crippen molar-refractivity contribution >= 4 is 22.5 Å². The maximum absolute atomic E-state index is 12.4. The summed E-state index contributed by atoms with van der Waals surface area (Å²) in [4.78, 5) is 12.4. The van der Waals surface area contributed by atoms with Gasteiger partial charge < -0.3 is 14.6 Å². The van der Waals surface area contributed by atoms with Crippen molar-refractivity contribution in [2.24, 2.45) is 0 Å². The highest BCUT2D eigenvalue weighted by molar-refractivity contribution is 5.92. The molecule has 3 heterocycles. The predicted octanol–water partition coefficient (Wildman–Crippen LogP) is 2.96. The van der Waals surface area contributed by atoms with Crippen molar-refractivity contribution in [3.63, 3.8) is 0 Å². The number of amides is 1. The third-order valence-corrected chi connectivity index (χ3v) is 4.63. The Morgan fingerprint density at radius 2 is 2.24 bits per heavy atom. The highest BCUT2D eigenvalue weighted by Gasteiger charge is 2.16. The van der Waals surface area contributed by atoms with Crippen LogP contribution in [0, 0.1) is 6.92 Å². The molecule has 2 aromatic heterocycles. The fourth-order valence-electron chi connectivity index (χ4n) is 3.44. The number of ether oxygens (including phenoxy) is 1. The van der Waals surface area contributed by atoms with E-state index in [4.69, 9.17) is 4.74 Å². The van der Waals surface area contributed by atoms with Crippen molar-refractivity contribution in [2.45, 2.75) is 39.0 Å². The number of aromatic nitrogens is 3. The SMILES string of the molecule is Cc1cn(CC(=O)Nc2cnn(C[C@H]3CCCO3)c2)c2ccccc12. The Kier molecular flexibility index (Phi) is 4.28. The van der Waals surface area contributed by atoms with Crippen LogP contribution >= 0.6 is 0 Å². The molecule has 1 amide bonds. The van der Waals surface area contributed by atoms with E-state index in [1.54, 1.807) is 6.20 Å². The number of carbonyl (C=O) groups excluding carboxylic acids is 1. The first-order valence-corrected chi connectivity index (χ1v) is 8.67. The van der Waals surface area contributed by atoms with E-state index in [2.05, 4.69) is 23.4 Å². The Bertz CT molecular complexity index is 890. The number of benzene rings is 1. The molecule has 0 spiro atoms. The van der Waals surface area contributed by atoms with Gasteiger partial charge in [0.05, 0.1) is 24.5 Å². The lowest BCUT2D eigenvalue weighted by molar-refractivity contribution is -0.116. The van der Waals surface area contributed by atoms with Gasteiger partial charge in [-0.15, -0.1) is 0 Å². The Balaban J connectivity index is 1.41. The van der Waals surface area contributed by atoms with Crippen molar-refractivity contribution < 1.29 is 9.53 Å². The number of carbonyl (C=O) groups is 1. The van der Waals surface area contributed by atoms with Gasteiger partial charge in [-0.2, -0.15) is 5.10 Å². The Labute approximate surface area is 146 Å². The molecular formula is C19H22N4O2. The van der Waals surface area contributed by atoms with Crippen LogP contribution < -0.4 is 5.32 Å². The minimum Gasteiger partial charge on any atom is -0.376 e. The first kappa shape index (κ1) is 15.9. The number of fused-ring (bicyclic) bond motifs is 1. The number of anilines is 1. The van der Waals surface area contributed by atoms with E-state index in [1.807, 2.05) is 39.8 Å². The molecule has 1 saturated heterocycles. The summed E-state index contributed by atoms with van der Waals surface area (Å²) < 4.78 is 9.43. The highest BCUT2D eigenvalue weighted by atomic mass is 16.5. The molecule has 1 atom stereocenters. The molecular weight excluding hydrogens is 316 g/mol. The summed E-state index contributed by atoms with van der Waals surface area (Å²) in [6.07, 6.45) is 7.98. The van der Waals surface area contributed by atoms with Crippen molar-refractivity contribution in [3.05, 3.63) is 48.4 Å². The van der Waals surface area contributed by atoms with E-state index in [1.165, 1.54) is 10.9 Å². The van der Waals surface area contributed by atoms with E-state index < -0.39 is 0 Å². The predicted molar refractivity (Wildman–Crippen MR) is 96.5 cm³/mol. The van der Waals surface area contributed by atoms with Crippen LogP contribution in [0.15, 0.2) is 42.9 Å². The molecule has 1 N–H and O–H groups in total. The van der Waals surface area contributed by atoms with Gasteiger partial charge in [-0.25, -0.2) is 0 Å². The van der Waals surface area contributed by atoms with Crippen molar-refractivity contribution in [3.8, 4) is 0 Å². The average Bonchev–Trinajstić information content (AvgIpc) is 3.32. The summed E-state index contributed by atoms with van der Waals surface area (Å²) in [7, 11) is 0. The van der Waals surface area contributed by atoms with Crippen LogP contribution in [-0.2, 0) is 22.6 Å². The van der Waals surface area contributed by atoms with E-state index in [0.717, 1.165) is 37.2 Å². The molecule has 130 valence electrons. The van der Waals surface area contributed by atoms with Crippen LogP contribution in [0.3, 0.4) is 0 Å². The molecule has 0 bridgehead atoms. The third kappa shape index (κ3) is 3.44. The lowest BCUT2D eigenvalue weighted by Crippen LogP contribution is -2.18. The van der Waals surface area contributed by atoms with Crippen LogP contribution in [-0.4, -0.2) is 33.0 Å². The fraction of sp³-hybridized carbons (Fsp3) is 0.368. The number of hydrogen-bond donors (Lipinski definition) is 1. The number of aryl methyl sites for hydroxylation is 1. The Morgan fingerprint density at radius 3 is 3.08 bits per heavy atom. The number of para-hydroxylation sites is 1. The van der Waals surface area contributed by atoms with Crippen molar-refractivity contribution in [2.75, 3.05) is 11.9 Å². The molecule has 0 aliphatic carbocycles. The summed E-state index contributed by atoms with van der Waals surface area (Å²) in [6, 6.07) is 8.12. The van der Waals surface area contributed by atoms with Crippen LogP contribution in [0.2, 0.25) is 0 Å². The number of rotatable bonds is 5. The van der Waals surface area contributed by atoms with Crippen molar-refractivity contribution in [1.29, 1.82) is 0 Å². The summed E-state index contributed by atoms with van der Waals surface area (Å²) in [6.45, 7) is 3.91. The summed E-state index contributed by atoms with van der Waals surface area (Å²) in [5, 5.41) is 8.41. The molecule has 1 aromatic carbocycles. The zero-order valence-electron chi connectivity index (χ0n) is 14.3. The molecule has 1 aliphatic heterocycles. The zero-order valence-corrected chi connectivity index (χ0v) is 14.3. The first-order chi connectivity index (χ1) is 12.2. The van der Waals surface area contributed by atoms with Crippen LogP contribution in [0.25, 0.3) is 10.9 Å². The van der Waals surface area contributed by atoms with Crippen molar-refractivity contribution in [1.82, 2.24) is 14.3 Å². The second-order valence-corrected chi connectivity index (χ2v) is 6.59. The second-order valence-electron chi connectivity index (χ2n) is 6.59. The number of hydrogen-bond acceptors (Lipinski definition) is 3. The molecule has 4 rings (SSSR count). The normalized spacial score (nSPS) is 17.2. The lowest BCUT2D eigenvalue weighted by atomic mass is 10.2. The first-order valence-electron chi connectivity index (χ1n) is 8.67. The van der Waals surface area contributed by atoms with E-state index in [-0.39, 0.29) is 18.6 Å². The smallest absolute Gasteiger partial charge is 0.244 e. The molecule has 6 heteroatoms. The molecule has 0 saturated carbocycles. The van der Waals surface area contributed by atoms with E-state index in [0.29, 0.717) is 0 Å². The van der Waals surface area contributed by atoms with E-state index in [9.17, 15) is 4.79 Å². The van der Waals surface area contributed by atoms with Gasteiger partial charge in [-0.1, -0.05) is 18.2 Å². The van der Waals surface area contributed by atoms with Gasteiger partial charge in [0.25, 0.3) is 0 Å². The number of nitrogens with zero attached hydrogens (tertiary/aromatic N) is 3. The quantitative estimate of drug-likeness (QED) is 0.778. The van der Waals surface area contributed by atoms with Gasteiger partial charge >= 0.3 is 0 Å². The fourth-order valence-corrected chi connectivity index (χ4v) is 3.44. The standard InChI is InChI=1S/C19H22N4O2/c1-14-10-22(18-7-3-2-6-17(14)18)13-19(24)21-15-9-20-23(11-15)12-16-5-4-8-25-16/h2-3,6-7,9-11,16H,4-5,8,12-13H2,1H3,(H,21,24)/t16-/m1/s1. The van der Waals surface area contributed by atoms with Gasteiger partial charge in [0, 0.05) is 29.9 Å². The molecule has 1 aliphatic rings. The molecule has 3 aromatic rings. The average molecular weight is 338 g/mol. The van der Waals surface area contributed by atoms with Gasteiger partial charge in [0.2, 0.25) is 5.91 Å². The van der Waals surface area contributed by atoms with Crippen LogP contribution in [0.1, 0.15) is 18.4 Å². The Morgan fingerprint density at radius 1 is 1.36 bits per heavy atom. The summed E-state index contributed by atoms with van der Waals surface area (Å²) >= 11 is 0. The maximum atomic E-state index is 12.4.